The minimum atomic E-state index is -7.86. The summed E-state index contributed by atoms with van der Waals surface area (Å²) >= 11 is 0. The van der Waals surface area contributed by atoms with Crippen molar-refractivity contribution in [1.82, 2.24) is 0 Å². The molecule has 0 amide bonds. The van der Waals surface area contributed by atoms with Gasteiger partial charge in [0.25, 0.3) is 0 Å². The van der Waals surface area contributed by atoms with E-state index in [0.717, 1.165) is 37.2 Å². The van der Waals surface area contributed by atoms with Crippen LogP contribution in [0.15, 0.2) is 24.3 Å². The second-order valence-electron chi connectivity index (χ2n) is 11.9. The number of aryl methyl sites for hydroxylation is 1. The molecule has 13 heteroatoms. The highest BCUT2D eigenvalue weighted by Crippen LogP contribution is 2.60. The third kappa shape index (κ3) is 6.54. The van der Waals surface area contributed by atoms with Crippen molar-refractivity contribution < 1.29 is 57.1 Å². The predicted octanol–water partition coefficient (Wildman–Crippen LogP) is 11.2. The van der Waals surface area contributed by atoms with E-state index in [1.807, 2.05) is 0 Å². The zero-order valence-corrected chi connectivity index (χ0v) is 23.0. The Hall–Kier alpha value is -1.69. The summed E-state index contributed by atoms with van der Waals surface area (Å²) in [7, 11) is 0. The van der Waals surface area contributed by atoms with E-state index in [9.17, 15) is 57.1 Å². The summed E-state index contributed by atoms with van der Waals surface area (Å²) in [6.07, 6.45) is 0.627. The molecule has 1 aromatic carbocycles. The average Bonchev–Trinajstić information content (AvgIpc) is 2.92. The molecule has 0 spiro atoms. The van der Waals surface area contributed by atoms with Crippen molar-refractivity contribution in [1.29, 1.82) is 0 Å². The third-order valence-electron chi connectivity index (χ3n) is 9.20. The normalized spacial score (nSPS) is 25.5. The average molecular weight is 631 g/mol. The molecule has 3 rings (SSSR count). The standard InChI is InChI=1S/C29H35F13/c1-2-3-18-4-8-20(9-5-18)22-12-14-23(15-13-22)21-10-6-19(7-11-21)16-17-24(30,31)25(32,33)26(34,35)27(36,37)28(38,39)29(40,41)42/h6-7,10-11,18,20,22-23H,2-5,8-9,12-17H2,1H3. The van der Waals surface area contributed by atoms with Crippen molar-refractivity contribution in [2.45, 2.75) is 126 Å². The monoisotopic (exact) mass is 630 g/mol. The van der Waals surface area contributed by atoms with Gasteiger partial charge in [-0.05, 0) is 79.7 Å². The van der Waals surface area contributed by atoms with Gasteiger partial charge in [-0.15, -0.1) is 0 Å². The molecule has 0 heterocycles. The van der Waals surface area contributed by atoms with Crippen molar-refractivity contribution in [3.8, 4) is 0 Å². The van der Waals surface area contributed by atoms with Gasteiger partial charge in [-0.3, -0.25) is 0 Å². The first-order valence-corrected chi connectivity index (χ1v) is 14.2. The number of rotatable bonds is 11. The maximum Gasteiger partial charge on any atom is 0.460 e. The van der Waals surface area contributed by atoms with Crippen LogP contribution >= 0.6 is 0 Å². The fraction of sp³-hybridized carbons (Fsp3) is 0.793. The SMILES string of the molecule is CCCC1CCC(C2CCC(c3ccc(CCC(F)(F)C(F)(F)C(F)(F)C(F)(F)C(F)(F)C(F)(F)F)cc3)CC2)CC1. The second kappa shape index (κ2) is 12.4. The van der Waals surface area contributed by atoms with E-state index >= 15 is 0 Å². The van der Waals surface area contributed by atoms with E-state index in [1.165, 1.54) is 50.7 Å². The van der Waals surface area contributed by atoms with Gasteiger partial charge in [0.05, 0.1) is 0 Å². The molecule has 2 aliphatic carbocycles. The summed E-state index contributed by atoms with van der Waals surface area (Å²) in [5, 5.41) is 0. The molecule has 42 heavy (non-hydrogen) atoms. The highest BCUT2D eigenvalue weighted by molar-refractivity contribution is 5.26. The summed E-state index contributed by atoms with van der Waals surface area (Å²) in [4.78, 5) is 0. The molecule has 2 aliphatic rings. The van der Waals surface area contributed by atoms with Gasteiger partial charge in [0.2, 0.25) is 0 Å². The van der Waals surface area contributed by atoms with Crippen molar-refractivity contribution in [3.63, 3.8) is 0 Å². The van der Waals surface area contributed by atoms with Crippen LogP contribution in [0.2, 0.25) is 0 Å². The fourth-order valence-corrected chi connectivity index (χ4v) is 6.50. The molecule has 0 saturated heterocycles. The molecule has 0 radical (unpaired) electrons. The highest BCUT2D eigenvalue weighted by Gasteiger charge is 2.90. The van der Waals surface area contributed by atoms with Crippen LogP contribution in [0.5, 0.6) is 0 Å². The lowest BCUT2D eigenvalue weighted by Crippen LogP contribution is -2.70. The van der Waals surface area contributed by atoms with Crippen LogP contribution < -0.4 is 0 Å². The maximum absolute atomic E-state index is 14.1. The van der Waals surface area contributed by atoms with Crippen molar-refractivity contribution in [2.24, 2.45) is 17.8 Å². The Morgan fingerprint density at radius 1 is 0.571 bits per heavy atom. The summed E-state index contributed by atoms with van der Waals surface area (Å²) in [6.45, 7) is 2.19. The van der Waals surface area contributed by atoms with Crippen LogP contribution in [0, 0.1) is 17.8 Å². The number of hydrogen-bond acceptors (Lipinski definition) is 0. The lowest BCUT2D eigenvalue weighted by atomic mass is 9.68. The van der Waals surface area contributed by atoms with Gasteiger partial charge in [-0.25, -0.2) is 0 Å². The molecule has 242 valence electrons. The van der Waals surface area contributed by atoms with Gasteiger partial charge in [-0.1, -0.05) is 56.9 Å². The summed E-state index contributed by atoms with van der Waals surface area (Å²) in [5.74, 6) is -34.3. The maximum atomic E-state index is 14.1. The Morgan fingerprint density at radius 2 is 1.02 bits per heavy atom. The van der Waals surface area contributed by atoms with Crippen LogP contribution in [-0.2, 0) is 6.42 Å². The van der Waals surface area contributed by atoms with Crippen LogP contribution in [0.1, 0.15) is 94.6 Å². The van der Waals surface area contributed by atoms with E-state index in [0.29, 0.717) is 11.8 Å². The zero-order chi connectivity index (χ0) is 31.8. The number of halogens is 13. The van der Waals surface area contributed by atoms with Crippen molar-refractivity contribution in [2.75, 3.05) is 0 Å². The quantitative estimate of drug-likeness (QED) is 0.214. The van der Waals surface area contributed by atoms with Gasteiger partial charge in [-0.2, -0.15) is 57.1 Å². The fourth-order valence-electron chi connectivity index (χ4n) is 6.50. The summed E-state index contributed by atoms with van der Waals surface area (Å²) in [5.41, 5.74) is 0.809. The second-order valence-corrected chi connectivity index (χ2v) is 11.9. The van der Waals surface area contributed by atoms with Gasteiger partial charge >= 0.3 is 35.8 Å². The van der Waals surface area contributed by atoms with Gasteiger partial charge in [0.15, 0.2) is 0 Å². The first kappa shape index (κ1) is 34.8. The van der Waals surface area contributed by atoms with Gasteiger partial charge in [0.1, 0.15) is 0 Å². The first-order valence-electron chi connectivity index (χ1n) is 14.2. The van der Waals surface area contributed by atoms with Crippen LogP contribution in [-0.4, -0.2) is 35.8 Å². The smallest absolute Gasteiger partial charge is 0.200 e. The Bertz CT molecular complexity index is 997. The molecule has 0 atom stereocenters. The molecular weight excluding hydrogens is 595 g/mol. The Labute approximate surface area is 236 Å². The Morgan fingerprint density at radius 3 is 1.48 bits per heavy atom. The van der Waals surface area contributed by atoms with E-state index in [-0.39, 0.29) is 11.5 Å². The van der Waals surface area contributed by atoms with Crippen LogP contribution in [0.4, 0.5) is 57.1 Å². The molecule has 0 aromatic heterocycles. The molecule has 2 fully saturated rings. The lowest BCUT2D eigenvalue weighted by Gasteiger charge is -2.39. The largest absolute Gasteiger partial charge is 0.460 e. The van der Waals surface area contributed by atoms with Gasteiger partial charge < -0.3 is 0 Å². The van der Waals surface area contributed by atoms with Crippen molar-refractivity contribution in [3.05, 3.63) is 35.4 Å². The van der Waals surface area contributed by atoms with Crippen LogP contribution in [0.25, 0.3) is 0 Å². The topological polar surface area (TPSA) is 0 Å². The molecule has 0 bridgehead atoms. The van der Waals surface area contributed by atoms with Crippen LogP contribution in [0.3, 0.4) is 0 Å². The van der Waals surface area contributed by atoms with E-state index < -0.39 is 48.6 Å². The molecule has 0 unspecified atom stereocenters. The Balaban J connectivity index is 1.59. The molecule has 0 N–H and O–H groups in total. The minimum absolute atomic E-state index is 0.0533. The molecular formula is C29H35F13. The summed E-state index contributed by atoms with van der Waals surface area (Å²) < 4.78 is 173. The number of benzene rings is 1. The zero-order valence-electron chi connectivity index (χ0n) is 23.0. The lowest BCUT2D eigenvalue weighted by molar-refractivity contribution is -0.440. The third-order valence-corrected chi connectivity index (χ3v) is 9.20. The number of alkyl halides is 13. The highest BCUT2D eigenvalue weighted by atomic mass is 19.4. The van der Waals surface area contributed by atoms with E-state index in [1.54, 1.807) is 12.1 Å². The molecule has 2 saturated carbocycles. The Kier molecular flexibility index (Phi) is 10.2. The van der Waals surface area contributed by atoms with E-state index in [4.69, 9.17) is 0 Å². The number of hydrogen-bond donors (Lipinski definition) is 0. The molecule has 1 aromatic rings. The van der Waals surface area contributed by atoms with Gasteiger partial charge in [0, 0.05) is 6.42 Å². The molecule has 0 nitrogen and oxygen atoms in total. The van der Waals surface area contributed by atoms with E-state index in [2.05, 4.69) is 6.92 Å². The van der Waals surface area contributed by atoms with Crippen molar-refractivity contribution >= 4 is 0 Å². The first-order chi connectivity index (χ1) is 19.2. The minimum Gasteiger partial charge on any atom is -0.200 e. The molecule has 0 aliphatic heterocycles. The predicted molar refractivity (Wildman–Crippen MR) is 131 cm³/mol. The summed E-state index contributed by atoms with van der Waals surface area (Å²) in [6, 6.07) is 5.71.